The predicted octanol–water partition coefficient (Wildman–Crippen LogP) is 4.30. The number of rotatable bonds is 5. The van der Waals surface area contributed by atoms with Gasteiger partial charge in [-0.2, -0.15) is 0 Å². The molecule has 0 saturated carbocycles. The highest BCUT2D eigenvalue weighted by atomic mass is 35.5. The van der Waals surface area contributed by atoms with Gasteiger partial charge in [0.25, 0.3) is 5.56 Å². The smallest absolute Gasteiger partial charge is 0.262 e. The third-order valence-electron chi connectivity index (χ3n) is 6.08. The Bertz CT molecular complexity index is 1240. The number of hydrogen-bond acceptors (Lipinski definition) is 5. The maximum absolute atomic E-state index is 13.3. The van der Waals surface area contributed by atoms with Crippen molar-refractivity contribution in [3.8, 4) is 0 Å². The minimum Gasteiger partial charge on any atom is -0.376 e. The molecule has 0 radical (unpaired) electrons. The van der Waals surface area contributed by atoms with Crippen LogP contribution in [0.3, 0.4) is 0 Å². The number of para-hydroxylation sites is 1. The highest BCUT2D eigenvalue weighted by Crippen LogP contribution is 2.32. The van der Waals surface area contributed by atoms with Gasteiger partial charge >= 0.3 is 0 Å². The first kappa shape index (κ1) is 21.5. The van der Waals surface area contributed by atoms with E-state index < -0.39 is 5.25 Å². The van der Waals surface area contributed by atoms with Crippen LogP contribution < -0.4 is 10.5 Å². The van der Waals surface area contributed by atoms with Crippen molar-refractivity contribution in [3.63, 3.8) is 0 Å². The minimum absolute atomic E-state index is 0.0176. The number of halogens is 1. The highest BCUT2D eigenvalue weighted by Gasteiger charge is 2.30. The van der Waals surface area contributed by atoms with Crippen LogP contribution in [0.2, 0.25) is 5.02 Å². The Labute approximate surface area is 195 Å². The molecule has 2 aliphatic rings. The Morgan fingerprint density at radius 2 is 2.16 bits per heavy atom. The number of carbonyl (C=O) groups is 1. The largest absolute Gasteiger partial charge is 0.376 e. The summed E-state index contributed by atoms with van der Waals surface area (Å²) in [6.45, 7) is 3.69. The maximum atomic E-state index is 13.3. The van der Waals surface area contributed by atoms with E-state index in [1.807, 2.05) is 30.0 Å². The van der Waals surface area contributed by atoms with E-state index in [4.69, 9.17) is 21.3 Å². The molecule has 3 aromatic rings. The first-order valence-electron chi connectivity index (χ1n) is 10.9. The third kappa shape index (κ3) is 4.05. The van der Waals surface area contributed by atoms with Crippen molar-refractivity contribution in [1.29, 1.82) is 0 Å². The van der Waals surface area contributed by atoms with Gasteiger partial charge in [-0.1, -0.05) is 41.6 Å². The van der Waals surface area contributed by atoms with Crippen molar-refractivity contribution in [2.45, 2.75) is 49.2 Å². The summed E-state index contributed by atoms with van der Waals surface area (Å²) >= 11 is 7.47. The van der Waals surface area contributed by atoms with E-state index in [9.17, 15) is 9.59 Å². The second kappa shape index (κ2) is 8.89. The highest BCUT2D eigenvalue weighted by molar-refractivity contribution is 8.00. The molecule has 5 rings (SSSR count). The lowest BCUT2D eigenvalue weighted by Gasteiger charge is -2.23. The van der Waals surface area contributed by atoms with Gasteiger partial charge in [-0.25, -0.2) is 4.98 Å². The van der Waals surface area contributed by atoms with Crippen molar-refractivity contribution in [3.05, 3.63) is 63.4 Å². The molecule has 2 aliphatic heterocycles. The van der Waals surface area contributed by atoms with Gasteiger partial charge in [0.05, 0.1) is 28.8 Å². The molecule has 0 bridgehead atoms. The number of thioether (sulfide) groups is 1. The second-order valence-electron chi connectivity index (χ2n) is 8.24. The zero-order valence-corrected chi connectivity index (χ0v) is 19.4. The van der Waals surface area contributed by atoms with Crippen LogP contribution in [0.15, 0.2) is 52.4 Å². The molecule has 166 valence electrons. The number of fused-ring (bicyclic) bond motifs is 2. The molecule has 0 spiro atoms. The van der Waals surface area contributed by atoms with Crippen LogP contribution in [0.1, 0.15) is 25.3 Å². The van der Waals surface area contributed by atoms with Crippen LogP contribution in [-0.2, 0) is 22.5 Å². The first-order valence-corrected chi connectivity index (χ1v) is 12.1. The van der Waals surface area contributed by atoms with Crippen LogP contribution in [0.25, 0.3) is 10.9 Å². The van der Waals surface area contributed by atoms with Gasteiger partial charge in [0.2, 0.25) is 5.91 Å². The molecule has 3 heterocycles. The van der Waals surface area contributed by atoms with Gasteiger partial charge < -0.3 is 9.64 Å². The van der Waals surface area contributed by atoms with Crippen molar-refractivity contribution >= 4 is 45.9 Å². The molecule has 1 fully saturated rings. The van der Waals surface area contributed by atoms with E-state index >= 15 is 0 Å². The van der Waals surface area contributed by atoms with E-state index in [1.54, 1.807) is 22.8 Å². The minimum atomic E-state index is -0.402. The summed E-state index contributed by atoms with van der Waals surface area (Å²) < 4.78 is 7.44. The quantitative estimate of drug-likeness (QED) is 0.412. The van der Waals surface area contributed by atoms with Gasteiger partial charge in [-0.3, -0.25) is 14.2 Å². The number of hydrogen-bond donors (Lipinski definition) is 0. The van der Waals surface area contributed by atoms with Crippen molar-refractivity contribution in [1.82, 2.24) is 9.55 Å². The summed E-state index contributed by atoms with van der Waals surface area (Å²) in [4.78, 5) is 33.2. The number of aromatic nitrogens is 2. The molecule has 1 amide bonds. The van der Waals surface area contributed by atoms with E-state index in [0.29, 0.717) is 40.8 Å². The van der Waals surface area contributed by atoms with Gasteiger partial charge in [-0.05, 0) is 56.0 Å². The number of carbonyl (C=O) groups excluding carboxylic acids is 1. The predicted molar refractivity (Wildman–Crippen MR) is 128 cm³/mol. The molecule has 2 unspecified atom stereocenters. The van der Waals surface area contributed by atoms with E-state index in [1.165, 1.54) is 17.3 Å². The Morgan fingerprint density at radius 1 is 1.31 bits per heavy atom. The standard InChI is InChI=1S/C24H24ClN3O3S/c1-15(22(29)27-11-10-16-5-2-3-7-21(16)27)32-24-26-20-13-17(25)8-9-19(20)23(30)28(24)14-18-6-4-12-31-18/h2-3,5,7-9,13,15,18H,4,6,10-12,14H2,1H3. The first-order chi connectivity index (χ1) is 15.5. The lowest BCUT2D eigenvalue weighted by atomic mass is 10.2. The summed E-state index contributed by atoms with van der Waals surface area (Å²) in [7, 11) is 0. The number of anilines is 1. The molecule has 32 heavy (non-hydrogen) atoms. The molecular weight excluding hydrogens is 446 g/mol. The lowest BCUT2D eigenvalue weighted by molar-refractivity contribution is -0.117. The molecule has 2 aromatic carbocycles. The van der Waals surface area contributed by atoms with Gasteiger partial charge in [0, 0.05) is 23.9 Å². The van der Waals surface area contributed by atoms with Gasteiger partial charge in [0.15, 0.2) is 5.16 Å². The Balaban J connectivity index is 1.48. The third-order valence-corrected chi connectivity index (χ3v) is 7.39. The van der Waals surface area contributed by atoms with Crippen LogP contribution in [0.4, 0.5) is 5.69 Å². The monoisotopic (exact) mass is 469 g/mol. The number of ether oxygens (including phenoxy) is 1. The van der Waals surface area contributed by atoms with Crippen LogP contribution in [0, 0.1) is 0 Å². The molecular formula is C24H24ClN3O3S. The Kier molecular flexibility index (Phi) is 5.97. The summed E-state index contributed by atoms with van der Waals surface area (Å²) in [5.41, 5.74) is 2.57. The molecule has 0 N–H and O–H groups in total. The summed E-state index contributed by atoms with van der Waals surface area (Å²) in [6, 6.07) is 13.1. The lowest BCUT2D eigenvalue weighted by Crippen LogP contribution is -2.36. The van der Waals surface area contributed by atoms with E-state index in [2.05, 4.69) is 6.07 Å². The average molecular weight is 470 g/mol. The van der Waals surface area contributed by atoms with Gasteiger partial charge in [0.1, 0.15) is 0 Å². The number of benzene rings is 2. The zero-order valence-electron chi connectivity index (χ0n) is 17.8. The fraction of sp³-hybridized carbons (Fsp3) is 0.375. The van der Waals surface area contributed by atoms with Crippen molar-refractivity contribution < 1.29 is 9.53 Å². The SMILES string of the molecule is CC(Sc1nc2cc(Cl)ccc2c(=O)n1CC1CCCO1)C(=O)N1CCc2ccccc21. The zero-order chi connectivity index (χ0) is 22.2. The fourth-order valence-electron chi connectivity index (χ4n) is 4.41. The summed E-state index contributed by atoms with van der Waals surface area (Å²) in [5.74, 6) is 0.0176. The van der Waals surface area contributed by atoms with Crippen LogP contribution >= 0.6 is 23.4 Å². The molecule has 6 nitrogen and oxygen atoms in total. The fourth-order valence-corrected chi connectivity index (χ4v) is 5.56. The number of amides is 1. The van der Waals surface area contributed by atoms with E-state index in [-0.39, 0.29) is 17.6 Å². The summed E-state index contributed by atoms with van der Waals surface area (Å²) in [6.07, 6.45) is 2.74. The topological polar surface area (TPSA) is 64.4 Å². The van der Waals surface area contributed by atoms with E-state index in [0.717, 1.165) is 24.9 Å². The molecule has 0 aliphatic carbocycles. The van der Waals surface area contributed by atoms with Crippen LogP contribution in [0.5, 0.6) is 0 Å². The molecule has 1 aromatic heterocycles. The maximum Gasteiger partial charge on any atom is 0.262 e. The van der Waals surface area contributed by atoms with Crippen LogP contribution in [-0.4, -0.2) is 40.0 Å². The molecule has 1 saturated heterocycles. The second-order valence-corrected chi connectivity index (χ2v) is 9.98. The molecule has 2 atom stereocenters. The van der Waals surface area contributed by atoms with Crippen molar-refractivity contribution in [2.75, 3.05) is 18.1 Å². The summed E-state index contributed by atoms with van der Waals surface area (Å²) in [5, 5.41) is 1.16. The molecule has 8 heteroatoms. The average Bonchev–Trinajstić information content (AvgIpc) is 3.45. The Hall–Kier alpha value is -2.35. The van der Waals surface area contributed by atoms with Gasteiger partial charge in [-0.15, -0.1) is 0 Å². The number of nitrogens with zero attached hydrogens (tertiary/aromatic N) is 3. The van der Waals surface area contributed by atoms with Crippen molar-refractivity contribution in [2.24, 2.45) is 0 Å². The normalized spacial score (nSPS) is 18.8. The Morgan fingerprint density at radius 3 is 2.97 bits per heavy atom.